The van der Waals surface area contributed by atoms with E-state index in [2.05, 4.69) is 15.6 Å². The Bertz CT molecular complexity index is 1070. The van der Waals surface area contributed by atoms with Gasteiger partial charge in [0.05, 0.1) is 0 Å². The summed E-state index contributed by atoms with van der Waals surface area (Å²) < 4.78 is 0. The van der Waals surface area contributed by atoms with Gasteiger partial charge in [-0.25, -0.2) is 4.98 Å². The summed E-state index contributed by atoms with van der Waals surface area (Å²) in [6.07, 6.45) is 0. The van der Waals surface area contributed by atoms with Crippen LogP contribution in [0.5, 0.6) is 0 Å². The highest BCUT2D eigenvalue weighted by atomic mass is 16.2. The fourth-order valence-corrected chi connectivity index (χ4v) is 2.91. The Hall–Kier alpha value is -3.80. The van der Waals surface area contributed by atoms with Crippen molar-refractivity contribution in [3.8, 4) is 0 Å². The number of Topliss-reactive ketones (excluding diaryl/α,β-unsaturated/α-hetero) is 1. The van der Waals surface area contributed by atoms with Gasteiger partial charge in [0.25, 0.3) is 11.8 Å². The summed E-state index contributed by atoms with van der Waals surface area (Å²) in [5, 5.41) is 5.52. The lowest BCUT2D eigenvalue weighted by Gasteiger charge is -2.09. The third-order valence-corrected chi connectivity index (χ3v) is 4.24. The third-order valence-electron chi connectivity index (χ3n) is 4.24. The molecule has 0 aliphatic heterocycles. The number of carbonyl (C=O) groups excluding carboxylic acids is 3. The molecule has 3 rings (SSSR count). The van der Waals surface area contributed by atoms with E-state index in [1.165, 1.54) is 13.0 Å². The summed E-state index contributed by atoms with van der Waals surface area (Å²) in [5.41, 5.74) is 4.11. The number of ketones is 1. The Labute approximate surface area is 169 Å². The van der Waals surface area contributed by atoms with Crippen LogP contribution in [0.25, 0.3) is 0 Å². The average molecular weight is 387 g/mol. The fraction of sp³-hybridized carbons (Fsp3) is 0.130. The minimum Gasteiger partial charge on any atom is -0.321 e. The lowest BCUT2D eigenvalue weighted by atomic mass is 10.1. The number of amides is 2. The Morgan fingerprint density at radius 3 is 1.76 bits per heavy atom. The van der Waals surface area contributed by atoms with Gasteiger partial charge in [-0.1, -0.05) is 12.1 Å². The highest BCUT2D eigenvalue weighted by molar-refractivity contribution is 6.06. The number of pyridine rings is 1. The van der Waals surface area contributed by atoms with Crippen molar-refractivity contribution in [3.63, 3.8) is 0 Å². The van der Waals surface area contributed by atoms with Gasteiger partial charge < -0.3 is 10.6 Å². The highest BCUT2D eigenvalue weighted by Crippen LogP contribution is 2.15. The molecule has 0 saturated heterocycles. The maximum atomic E-state index is 12.5. The average Bonchev–Trinajstić information content (AvgIpc) is 2.67. The molecule has 0 atom stereocenters. The van der Waals surface area contributed by atoms with Crippen LogP contribution in [0, 0.1) is 13.8 Å². The summed E-state index contributed by atoms with van der Waals surface area (Å²) in [6, 6.07) is 17.0. The molecule has 6 nitrogen and oxygen atoms in total. The van der Waals surface area contributed by atoms with Crippen LogP contribution >= 0.6 is 0 Å². The van der Waals surface area contributed by atoms with Crippen molar-refractivity contribution in [1.29, 1.82) is 0 Å². The topological polar surface area (TPSA) is 88.2 Å². The van der Waals surface area contributed by atoms with Crippen molar-refractivity contribution < 1.29 is 14.4 Å². The molecule has 1 aromatic heterocycles. The molecule has 0 unspecified atom stereocenters. The Kier molecular flexibility index (Phi) is 5.83. The van der Waals surface area contributed by atoms with E-state index in [1.54, 1.807) is 36.4 Å². The van der Waals surface area contributed by atoms with E-state index < -0.39 is 11.8 Å². The molecule has 0 aliphatic carbocycles. The molecule has 0 radical (unpaired) electrons. The van der Waals surface area contributed by atoms with E-state index in [4.69, 9.17) is 0 Å². The number of aryl methyl sites for hydroxylation is 2. The van der Waals surface area contributed by atoms with Gasteiger partial charge in [0.1, 0.15) is 11.4 Å². The summed E-state index contributed by atoms with van der Waals surface area (Å²) in [7, 11) is 0. The predicted octanol–water partition coefficient (Wildman–Crippen LogP) is 4.41. The quantitative estimate of drug-likeness (QED) is 0.635. The minimum absolute atomic E-state index is 0.0490. The number of aromatic nitrogens is 1. The second-order valence-electron chi connectivity index (χ2n) is 6.83. The Balaban J connectivity index is 1.73. The number of rotatable bonds is 5. The lowest BCUT2D eigenvalue weighted by Crippen LogP contribution is -2.18. The maximum Gasteiger partial charge on any atom is 0.274 e. The van der Waals surface area contributed by atoms with Gasteiger partial charge in [0, 0.05) is 16.9 Å². The van der Waals surface area contributed by atoms with Gasteiger partial charge in [-0.3, -0.25) is 14.4 Å². The van der Waals surface area contributed by atoms with Crippen molar-refractivity contribution in [2.45, 2.75) is 20.8 Å². The monoisotopic (exact) mass is 387 g/mol. The van der Waals surface area contributed by atoms with E-state index in [0.29, 0.717) is 16.9 Å². The SMILES string of the molecule is CC(=O)c1ccc(NC(=O)c2cccc(C(=O)Nc3cc(C)cc(C)c3)n2)cc1. The number of anilines is 2. The number of benzene rings is 2. The first kappa shape index (κ1) is 19.9. The zero-order chi connectivity index (χ0) is 21.0. The van der Waals surface area contributed by atoms with Crippen LogP contribution < -0.4 is 10.6 Å². The molecule has 2 N–H and O–H groups in total. The van der Waals surface area contributed by atoms with Crippen molar-refractivity contribution >= 4 is 29.0 Å². The van der Waals surface area contributed by atoms with Crippen LogP contribution in [0.3, 0.4) is 0 Å². The molecule has 6 heteroatoms. The normalized spacial score (nSPS) is 10.3. The molecule has 146 valence electrons. The number of carbonyl (C=O) groups is 3. The van der Waals surface area contributed by atoms with E-state index in [9.17, 15) is 14.4 Å². The molecular weight excluding hydrogens is 366 g/mol. The molecule has 0 aliphatic rings. The van der Waals surface area contributed by atoms with Crippen molar-refractivity contribution in [3.05, 3.63) is 88.7 Å². The largest absolute Gasteiger partial charge is 0.321 e. The standard InChI is InChI=1S/C23H21N3O3/c1-14-11-15(2)13-19(12-14)25-23(29)21-6-4-5-20(26-21)22(28)24-18-9-7-17(8-10-18)16(3)27/h4-13H,1-3H3,(H,24,28)(H,25,29). The van der Waals surface area contributed by atoms with Crippen molar-refractivity contribution in [1.82, 2.24) is 4.98 Å². The highest BCUT2D eigenvalue weighted by Gasteiger charge is 2.13. The first-order chi connectivity index (χ1) is 13.8. The van der Waals surface area contributed by atoms with E-state index in [-0.39, 0.29) is 17.2 Å². The minimum atomic E-state index is -0.443. The van der Waals surface area contributed by atoms with Crippen LogP contribution in [0.15, 0.2) is 60.7 Å². The third kappa shape index (κ3) is 5.13. The second-order valence-corrected chi connectivity index (χ2v) is 6.83. The van der Waals surface area contributed by atoms with E-state index in [0.717, 1.165) is 11.1 Å². The summed E-state index contributed by atoms with van der Waals surface area (Å²) in [6.45, 7) is 5.38. The number of nitrogens with zero attached hydrogens (tertiary/aromatic N) is 1. The van der Waals surface area contributed by atoms with Crippen molar-refractivity contribution in [2.24, 2.45) is 0 Å². The zero-order valence-electron chi connectivity index (χ0n) is 16.4. The van der Waals surface area contributed by atoms with Crippen LogP contribution in [0.1, 0.15) is 49.4 Å². The summed E-state index contributed by atoms with van der Waals surface area (Å²) in [5.74, 6) is -0.885. The number of hydrogen-bond donors (Lipinski definition) is 2. The van der Waals surface area contributed by atoms with Crippen molar-refractivity contribution in [2.75, 3.05) is 10.6 Å². The van der Waals surface area contributed by atoms with Gasteiger partial charge in [-0.2, -0.15) is 0 Å². The van der Waals surface area contributed by atoms with Crippen LogP contribution in [-0.2, 0) is 0 Å². The number of hydrogen-bond acceptors (Lipinski definition) is 4. The van der Waals surface area contributed by atoms with Gasteiger partial charge >= 0.3 is 0 Å². The Morgan fingerprint density at radius 1 is 0.724 bits per heavy atom. The van der Waals surface area contributed by atoms with Gasteiger partial charge in [0.15, 0.2) is 5.78 Å². The summed E-state index contributed by atoms with van der Waals surface area (Å²) in [4.78, 5) is 40.5. The molecule has 2 amide bonds. The second kappa shape index (κ2) is 8.48. The molecule has 29 heavy (non-hydrogen) atoms. The molecule has 0 saturated carbocycles. The molecule has 3 aromatic rings. The van der Waals surface area contributed by atoms with E-state index in [1.807, 2.05) is 32.0 Å². The lowest BCUT2D eigenvalue weighted by molar-refractivity contribution is 0.100. The fourth-order valence-electron chi connectivity index (χ4n) is 2.91. The molecule has 0 fully saturated rings. The van der Waals surface area contributed by atoms with Crippen LogP contribution in [0.4, 0.5) is 11.4 Å². The first-order valence-electron chi connectivity index (χ1n) is 9.11. The molecule has 0 spiro atoms. The van der Waals surface area contributed by atoms with Gasteiger partial charge in [-0.15, -0.1) is 0 Å². The van der Waals surface area contributed by atoms with E-state index >= 15 is 0 Å². The first-order valence-corrected chi connectivity index (χ1v) is 9.11. The maximum absolute atomic E-state index is 12.5. The zero-order valence-corrected chi connectivity index (χ0v) is 16.4. The molecule has 0 bridgehead atoms. The van der Waals surface area contributed by atoms with Crippen LogP contribution in [-0.4, -0.2) is 22.6 Å². The predicted molar refractivity (Wildman–Crippen MR) is 113 cm³/mol. The number of nitrogens with one attached hydrogen (secondary N) is 2. The van der Waals surface area contributed by atoms with Crippen LogP contribution in [0.2, 0.25) is 0 Å². The van der Waals surface area contributed by atoms with Gasteiger partial charge in [0.2, 0.25) is 0 Å². The smallest absolute Gasteiger partial charge is 0.274 e. The molecule has 2 aromatic carbocycles. The molecule has 1 heterocycles. The van der Waals surface area contributed by atoms with Gasteiger partial charge in [-0.05, 0) is 80.4 Å². The Morgan fingerprint density at radius 2 is 1.24 bits per heavy atom. The molecular formula is C23H21N3O3. The summed E-state index contributed by atoms with van der Waals surface area (Å²) >= 11 is 0.